The molecule has 3 nitrogen and oxygen atoms in total. The van der Waals surface area contributed by atoms with Crippen LogP contribution in [0.3, 0.4) is 0 Å². The number of hydrazone groups is 1. The maximum Gasteiger partial charge on any atom is 0.125 e. The summed E-state index contributed by atoms with van der Waals surface area (Å²) in [6, 6.07) is 7.06. The maximum atomic E-state index is 9.58. The Bertz CT molecular complexity index is 356. The van der Waals surface area contributed by atoms with Crippen LogP contribution in [0.4, 0.5) is 0 Å². The third-order valence-electron chi connectivity index (χ3n) is 1.68. The molecule has 0 aliphatic heterocycles. The number of phenolic OH excluding ortho intramolecular Hbond substituents is 1. The van der Waals surface area contributed by atoms with Crippen molar-refractivity contribution in [1.82, 2.24) is 5.01 Å². The average molecular weight is 190 g/mol. The number of phenols is 1. The van der Waals surface area contributed by atoms with Crippen molar-refractivity contribution in [1.29, 1.82) is 0 Å². The predicted molar refractivity (Wildman–Crippen MR) is 58.5 cm³/mol. The number of hydrogen-bond donors (Lipinski definition) is 1. The van der Waals surface area contributed by atoms with Crippen LogP contribution < -0.4 is 0 Å². The molecule has 1 aromatic rings. The van der Waals surface area contributed by atoms with E-state index in [9.17, 15) is 5.11 Å². The van der Waals surface area contributed by atoms with E-state index in [2.05, 4.69) is 11.7 Å². The molecule has 0 amide bonds. The molecule has 1 rings (SSSR count). The highest BCUT2D eigenvalue weighted by Gasteiger charge is 2.04. The van der Waals surface area contributed by atoms with Gasteiger partial charge in [-0.1, -0.05) is 18.7 Å². The van der Waals surface area contributed by atoms with Gasteiger partial charge in [0.25, 0.3) is 0 Å². The summed E-state index contributed by atoms with van der Waals surface area (Å²) in [5, 5.41) is 15.4. The van der Waals surface area contributed by atoms with Crippen LogP contribution in [0.15, 0.2) is 42.0 Å². The first kappa shape index (κ1) is 10.3. The number of rotatable bonds is 3. The molecule has 0 aromatic heterocycles. The van der Waals surface area contributed by atoms with Crippen LogP contribution in [-0.4, -0.2) is 29.9 Å². The van der Waals surface area contributed by atoms with Gasteiger partial charge in [0.05, 0.1) is 5.71 Å². The Morgan fingerprint density at radius 1 is 1.43 bits per heavy atom. The van der Waals surface area contributed by atoms with Crippen LogP contribution in [0, 0.1) is 0 Å². The molecule has 0 unspecified atom stereocenters. The van der Waals surface area contributed by atoms with E-state index in [1.165, 1.54) is 0 Å². The highest BCUT2D eigenvalue weighted by atomic mass is 16.3. The van der Waals surface area contributed by atoms with Gasteiger partial charge in [-0.3, -0.25) is 0 Å². The van der Waals surface area contributed by atoms with Crippen LogP contribution in [0.25, 0.3) is 0 Å². The van der Waals surface area contributed by atoms with E-state index in [0.29, 0.717) is 11.3 Å². The minimum absolute atomic E-state index is 0.216. The first-order valence-corrected chi connectivity index (χ1v) is 4.32. The van der Waals surface area contributed by atoms with Crippen molar-refractivity contribution in [3.63, 3.8) is 0 Å². The lowest BCUT2D eigenvalue weighted by molar-refractivity contribution is 0.437. The molecule has 0 aliphatic rings. The van der Waals surface area contributed by atoms with Crippen LogP contribution >= 0.6 is 0 Å². The Morgan fingerprint density at radius 3 is 2.57 bits per heavy atom. The van der Waals surface area contributed by atoms with Crippen molar-refractivity contribution in [2.75, 3.05) is 14.1 Å². The molecule has 0 fully saturated rings. The molecular formula is C11H14N2O. The summed E-state index contributed by atoms with van der Waals surface area (Å²) in [7, 11) is 3.65. The minimum Gasteiger partial charge on any atom is -0.507 e. The molecule has 0 saturated heterocycles. The lowest BCUT2D eigenvalue weighted by atomic mass is 10.1. The van der Waals surface area contributed by atoms with Crippen molar-refractivity contribution < 1.29 is 5.11 Å². The Morgan fingerprint density at radius 2 is 2.07 bits per heavy atom. The molecule has 3 heteroatoms. The number of nitrogens with zero attached hydrogens (tertiary/aromatic N) is 2. The molecule has 0 bridgehead atoms. The number of allylic oxidation sites excluding steroid dienone is 1. The minimum atomic E-state index is 0.216. The van der Waals surface area contributed by atoms with E-state index in [0.717, 1.165) is 0 Å². The van der Waals surface area contributed by atoms with E-state index < -0.39 is 0 Å². The number of aromatic hydroxyl groups is 1. The predicted octanol–water partition coefficient (Wildman–Crippen LogP) is 1.84. The largest absolute Gasteiger partial charge is 0.507 e. The van der Waals surface area contributed by atoms with E-state index in [1.54, 1.807) is 29.3 Å². The van der Waals surface area contributed by atoms with Crippen LogP contribution in [0.5, 0.6) is 5.75 Å². The molecule has 0 saturated carbocycles. The molecule has 0 heterocycles. The molecule has 0 atom stereocenters. The Hall–Kier alpha value is -1.77. The second-order valence-electron chi connectivity index (χ2n) is 3.05. The molecular weight excluding hydrogens is 176 g/mol. The standard InChI is InChI=1S/C11H14N2O/c1-4-10(12-13(2)3)9-7-5-6-8-11(9)14/h4-8,14H,1H2,2-3H3/b12-10+. The van der Waals surface area contributed by atoms with Crippen LogP contribution in [0.1, 0.15) is 5.56 Å². The SMILES string of the molecule is C=C/C(=N\N(C)C)c1ccccc1O. The first-order valence-electron chi connectivity index (χ1n) is 4.32. The Balaban J connectivity index is 3.13. The van der Waals surface area contributed by atoms with Crippen molar-refractivity contribution in [3.05, 3.63) is 42.5 Å². The first-order chi connectivity index (χ1) is 6.65. The van der Waals surface area contributed by atoms with Crippen molar-refractivity contribution in [3.8, 4) is 5.75 Å². The summed E-state index contributed by atoms with van der Waals surface area (Å²) in [5.41, 5.74) is 1.35. The highest BCUT2D eigenvalue weighted by Crippen LogP contribution is 2.17. The zero-order valence-electron chi connectivity index (χ0n) is 8.44. The van der Waals surface area contributed by atoms with Gasteiger partial charge in [-0.15, -0.1) is 0 Å². The number of hydrogen-bond acceptors (Lipinski definition) is 3. The van der Waals surface area contributed by atoms with Gasteiger partial charge in [0, 0.05) is 19.7 Å². The Labute approximate surface area is 84.0 Å². The number of para-hydroxylation sites is 1. The summed E-state index contributed by atoms with van der Waals surface area (Å²) in [4.78, 5) is 0. The van der Waals surface area contributed by atoms with Gasteiger partial charge in [-0.2, -0.15) is 5.10 Å². The Kier molecular flexibility index (Phi) is 3.29. The van der Waals surface area contributed by atoms with Crippen molar-refractivity contribution in [2.45, 2.75) is 0 Å². The molecule has 74 valence electrons. The van der Waals surface area contributed by atoms with Gasteiger partial charge < -0.3 is 10.1 Å². The fourth-order valence-electron chi connectivity index (χ4n) is 1.11. The fourth-order valence-corrected chi connectivity index (χ4v) is 1.11. The third-order valence-corrected chi connectivity index (χ3v) is 1.68. The average Bonchev–Trinajstić information content (AvgIpc) is 2.15. The summed E-state index contributed by atoms with van der Waals surface area (Å²) in [5.74, 6) is 0.216. The second kappa shape index (κ2) is 4.46. The molecule has 1 aromatic carbocycles. The van der Waals surface area contributed by atoms with Crippen LogP contribution in [-0.2, 0) is 0 Å². The van der Waals surface area contributed by atoms with Crippen molar-refractivity contribution in [2.24, 2.45) is 5.10 Å². The quantitative estimate of drug-likeness (QED) is 0.583. The van der Waals surface area contributed by atoms with E-state index in [-0.39, 0.29) is 5.75 Å². The summed E-state index contributed by atoms with van der Waals surface area (Å²) in [6.07, 6.45) is 1.62. The number of benzene rings is 1. The summed E-state index contributed by atoms with van der Waals surface area (Å²) >= 11 is 0. The monoisotopic (exact) mass is 190 g/mol. The van der Waals surface area contributed by atoms with Gasteiger partial charge in [0.15, 0.2) is 0 Å². The van der Waals surface area contributed by atoms with Crippen LogP contribution in [0.2, 0.25) is 0 Å². The smallest absolute Gasteiger partial charge is 0.125 e. The zero-order chi connectivity index (χ0) is 10.6. The topological polar surface area (TPSA) is 35.8 Å². The lowest BCUT2D eigenvalue weighted by Gasteiger charge is -2.08. The van der Waals surface area contributed by atoms with Gasteiger partial charge in [0.2, 0.25) is 0 Å². The summed E-state index contributed by atoms with van der Waals surface area (Å²) in [6.45, 7) is 3.66. The van der Waals surface area contributed by atoms with Crippen molar-refractivity contribution >= 4 is 5.71 Å². The summed E-state index contributed by atoms with van der Waals surface area (Å²) < 4.78 is 0. The third kappa shape index (κ3) is 2.36. The molecule has 14 heavy (non-hydrogen) atoms. The molecule has 0 aliphatic carbocycles. The molecule has 0 spiro atoms. The van der Waals surface area contributed by atoms with E-state index in [1.807, 2.05) is 20.2 Å². The van der Waals surface area contributed by atoms with E-state index >= 15 is 0 Å². The van der Waals surface area contributed by atoms with Gasteiger partial charge in [0.1, 0.15) is 5.75 Å². The normalized spacial score (nSPS) is 11.1. The molecule has 0 radical (unpaired) electrons. The van der Waals surface area contributed by atoms with Gasteiger partial charge >= 0.3 is 0 Å². The fraction of sp³-hybridized carbons (Fsp3) is 0.182. The molecule has 1 N–H and O–H groups in total. The lowest BCUT2D eigenvalue weighted by Crippen LogP contribution is -2.08. The van der Waals surface area contributed by atoms with Gasteiger partial charge in [-0.25, -0.2) is 0 Å². The zero-order valence-corrected chi connectivity index (χ0v) is 8.44. The second-order valence-corrected chi connectivity index (χ2v) is 3.05. The van der Waals surface area contributed by atoms with Gasteiger partial charge in [-0.05, 0) is 18.2 Å². The highest BCUT2D eigenvalue weighted by molar-refractivity contribution is 6.09. The maximum absolute atomic E-state index is 9.58. The van der Waals surface area contributed by atoms with E-state index in [4.69, 9.17) is 0 Å².